The molecule has 32 heavy (non-hydrogen) atoms. The van der Waals surface area contributed by atoms with E-state index in [9.17, 15) is 13.2 Å². The quantitative estimate of drug-likeness (QED) is 0.545. The third kappa shape index (κ3) is 6.41. The van der Waals surface area contributed by atoms with Gasteiger partial charge < -0.3 is 25.2 Å². The van der Waals surface area contributed by atoms with Gasteiger partial charge in [0.15, 0.2) is 0 Å². The van der Waals surface area contributed by atoms with Crippen LogP contribution in [0.4, 0.5) is 24.9 Å². The predicted molar refractivity (Wildman–Crippen MR) is 112 cm³/mol. The Hall–Kier alpha value is -3.67. The molecule has 0 unspecified atom stereocenters. The minimum atomic E-state index is -5.08. The molecule has 0 saturated carbocycles. The highest BCUT2D eigenvalue weighted by Crippen LogP contribution is 2.15. The van der Waals surface area contributed by atoms with Crippen LogP contribution < -0.4 is 15.5 Å². The molecule has 0 aliphatic carbocycles. The molecule has 1 aliphatic rings. The maximum absolute atomic E-state index is 10.6. The lowest BCUT2D eigenvalue weighted by molar-refractivity contribution is -0.192. The van der Waals surface area contributed by atoms with Gasteiger partial charge in [-0.15, -0.1) is 0 Å². The van der Waals surface area contributed by atoms with Crippen molar-refractivity contribution in [3.63, 3.8) is 0 Å². The van der Waals surface area contributed by atoms with E-state index in [0.717, 1.165) is 43.5 Å². The number of aliphatic carboxylic acids is 1. The molecular formula is C20H22F3N7O2. The Kier molecular flexibility index (Phi) is 7.60. The summed E-state index contributed by atoms with van der Waals surface area (Å²) in [5.74, 6) is -0.251. The SMILES string of the molecule is O=C(O)C(F)(F)F.c1ccc(-n2ccnc2CNc2nccc(N3CCNCC3)n2)cc1. The molecule has 4 rings (SSSR count). The Bertz CT molecular complexity index is 1010. The number of benzene rings is 1. The van der Waals surface area contributed by atoms with E-state index in [-0.39, 0.29) is 0 Å². The molecule has 0 radical (unpaired) electrons. The van der Waals surface area contributed by atoms with Gasteiger partial charge >= 0.3 is 12.1 Å². The Morgan fingerprint density at radius 3 is 2.44 bits per heavy atom. The van der Waals surface area contributed by atoms with Crippen LogP contribution in [0.1, 0.15) is 5.82 Å². The molecule has 3 N–H and O–H groups in total. The van der Waals surface area contributed by atoms with Crippen LogP contribution in [-0.4, -0.2) is 63.0 Å². The summed E-state index contributed by atoms with van der Waals surface area (Å²) in [5, 5.41) is 13.8. The van der Waals surface area contributed by atoms with Gasteiger partial charge in [0.25, 0.3) is 0 Å². The average molecular weight is 449 g/mol. The van der Waals surface area contributed by atoms with Gasteiger partial charge in [0.2, 0.25) is 5.95 Å². The summed E-state index contributed by atoms with van der Waals surface area (Å²) >= 11 is 0. The van der Waals surface area contributed by atoms with Crippen molar-refractivity contribution in [3.05, 3.63) is 60.8 Å². The number of carbonyl (C=O) groups is 1. The third-order valence-corrected chi connectivity index (χ3v) is 4.48. The summed E-state index contributed by atoms with van der Waals surface area (Å²) in [7, 11) is 0. The molecule has 12 heteroatoms. The number of hydrogen-bond donors (Lipinski definition) is 3. The van der Waals surface area contributed by atoms with E-state index in [1.165, 1.54) is 0 Å². The van der Waals surface area contributed by atoms with Crippen molar-refractivity contribution in [2.24, 2.45) is 0 Å². The molecule has 1 saturated heterocycles. The molecule has 0 atom stereocenters. The zero-order valence-corrected chi connectivity index (χ0v) is 17.0. The van der Waals surface area contributed by atoms with Crippen molar-refractivity contribution in [2.45, 2.75) is 12.7 Å². The summed E-state index contributed by atoms with van der Waals surface area (Å²) in [6, 6.07) is 12.1. The van der Waals surface area contributed by atoms with E-state index < -0.39 is 12.1 Å². The fraction of sp³-hybridized carbons (Fsp3) is 0.300. The molecule has 1 aromatic carbocycles. The lowest BCUT2D eigenvalue weighted by atomic mass is 10.3. The number of nitrogens with zero attached hydrogens (tertiary/aromatic N) is 5. The fourth-order valence-corrected chi connectivity index (χ4v) is 2.95. The molecule has 1 fully saturated rings. The molecule has 3 heterocycles. The van der Waals surface area contributed by atoms with Crippen LogP contribution in [0, 0.1) is 0 Å². The minimum absolute atomic E-state index is 0.562. The smallest absolute Gasteiger partial charge is 0.475 e. The van der Waals surface area contributed by atoms with E-state index in [4.69, 9.17) is 9.90 Å². The number of carboxylic acid groups (broad SMARTS) is 1. The van der Waals surface area contributed by atoms with Crippen molar-refractivity contribution in [2.75, 3.05) is 36.4 Å². The van der Waals surface area contributed by atoms with Gasteiger partial charge in [-0.3, -0.25) is 0 Å². The monoisotopic (exact) mass is 449 g/mol. The second-order valence-electron chi connectivity index (χ2n) is 6.68. The van der Waals surface area contributed by atoms with Crippen molar-refractivity contribution in [1.29, 1.82) is 0 Å². The Labute approximate surface area is 181 Å². The largest absolute Gasteiger partial charge is 0.490 e. The molecule has 0 spiro atoms. The highest BCUT2D eigenvalue weighted by molar-refractivity contribution is 5.73. The number of nitrogens with one attached hydrogen (secondary N) is 2. The van der Waals surface area contributed by atoms with Crippen LogP contribution in [-0.2, 0) is 11.3 Å². The number of aromatic nitrogens is 4. The lowest BCUT2D eigenvalue weighted by Gasteiger charge is -2.28. The predicted octanol–water partition coefficient (Wildman–Crippen LogP) is 2.32. The number of hydrogen-bond acceptors (Lipinski definition) is 7. The number of para-hydroxylation sites is 1. The Balaban J connectivity index is 0.000000360. The van der Waals surface area contributed by atoms with Crippen molar-refractivity contribution >= 4 is 17.7 Å². The number of carboxylic acids is 1. The summed E-state index contributed by atoms with van der Waals surface area (Å²) in [5.41, 5.74) is 1.09. The molecular weight excluding hydrogens is 427 g/mol. The van der Waals surface area contributed by atoms with Crippen LogP contribution in [0.3, 0.4) is 0 Å². The van der Waals surface area contributed by atoms with E-state index >= 15 is 0 Å². The van der Waals surface area contributed by atoms with E-state index in [1.54, 1.807) is 6.20 Å². The van der Waals surface area contributed by atoms with E-state index in [0.29, 0.717) is 12.5 Å². The van der Waals surface area contributed by atoms with E-state index in [1.807, 2.05) is 36.7 Å². The minimum Gasteiger partial charge on any atom is -0.475 e. The normalized spacial score (nSPS) is 13.8. The molecule has 9 nitrogen and oxygen atoms in total. The van der Waals surface area contributed by atoms with Crippen LogP contribution in [0.5, 0.6) is 0 Å². The van der Waals surface area contributed by atoms with Crippen LogP contribution >= 0.6 is 0 Å². The third-order valence-electron chi connectivity index (χ3n) is 4.48. The van der Waals surface area contributed by atoms with Crippen LogP contribution in [0.15, 0.2) is 55.0 Å². The summed E-state index contributed by atoms with van der Waals surface area (Å²) in [4.78, 5) is 24.6. The maximum Gasteiger partial charge on any atom is 0.490 e. The van der Waals surface area contributed by atoms with Gasteiger partial charge in [-0.05, 0) is 18.2 Å². The van der Waals surface area contributed by atoms with Gasteiger partial charge in [0, 0.05) is 50.5 Å². The first-order valence-electron chi connectivity index (χ1n) is 9.75. The van der Waals surface area contributed by atoms with Gasteiger partial charge in [0.05, 0.1) is 6.54 Å². The highest BCUT2D eigenvalue weighted by atomic mass is 19.4. The standard InChI is InChI=1S/C18H21N7.C2HF3O2/c1-2-4-15(5-3-1)25-13-10-20-17(25)14-22-18-21-7-6-16(23-18)24-11-8-19-9-12-24;3-2(4,5)1(6)7/h1-7,10,13,19H,8-9,11-12,14H2,(H,21,22,23);(H,6,7). The summed E-state index contributed by atoms with van der Waals surface area (Å²) < 4.78 is 33.8. The molecule has 1 aliphatic heterocycles. The lowest BCUT2D eigenvalue weighted by Crippen LogP contribution is -2.43. The van der Waals surface area contributed by atoms with Gasteiger partial charge in [-0.25, -0.2) is 14.8 Å². The number of alkyl halides is 3. The maximum atomic E-state index is 10.6. The molecule has 2 aromatic heterocycles. The van der Waals surface area contributed by atoms with Gasteiger partial charge in [-0.2, -0.15) is 18.2 Å². The summed E-state index contributed by atoms with van der Waals surface area (Å²) in [6.07, 6.45) is 0.489. The molecule has 170 valence electrons. The fourth-order valence-electron chi connectivity index (χ4n) is 2.95. The average Bonchev–Trinajstić information content (AvgIpc) is 3.28. The number of imidazole rings is 1. The Morgan fingerprint density at radius 2 is 1.78 bits per heavy atom. The van der Waals surface area contributed by atoms with Crippen LogP contribution in [0.25, 0.3) is 5.69 Å². The van der Waals surface area contributed by atoms with Gasteiger partial charge in [-0.1, -0.05) is 18.2 Å². The molecule has 0 bridgehead atoms. The summed E-state index contributed by atoms with van der Waals surface area (Å²) in [6.45, 7) is 4.47. The number of anilines is 2. The first-order chi connectivity index (χ1) is 15.3. The zero-order valence-electron chi connectivity index (χ0n) is 17.0. The van der Waals surface area contributed by atoms with Gasteiger partial charge in [0.1, 0.15) is 11.6 Å². The topological polar surface area (TPSA) is 108 Å². The van der Waals surface area contributed by atoms with Crippen LogP contribution in [0.2, 0.25) is 0 Å². The first kappa shape index (κ1) is 23.0. The highest BCUT2D eigenvalue weighted by Gasteiger charge is 2.38. The number of rotatable bonds is 5. The molecule has 3 aromatic rings. The van der Waals surface area contributed by atoms with Crippen molar-refractivity contribution in [1.82, 2.24) is 24.8 Å². The first-order valence-corrected chi connectivity index (χ1v) is 9.75. The second kappa shape index (κ2) is 10.6. The molecule has 0 amide bonds. The second-order valence-corrected chi connectivity index (χ2v) is 6.68. The van der Waals surface area contributed by atoms with Crippen molar-refractivity contribution in [3.8, 4) is 5.69 Å². The van der Waals surface area contributed by atoms with Crippen molar-refractivity contribution < 1.29 is 23.1 Å². The number of piperazine rings is 1. The number of halogens is 3. The zero-order chi connectivity index (χ0) is 23.0. The Morgan fingerprint density at radius 1 is 1.09 bits per heavy atom. The van der Waals surface area contributed by atoms with E-state index in [2.05, 4.69) is 47.2 Å².